The zero-order valence-electron chi connectivity index (χ0n) is 11.8. The van der Waals surface area contributed by atoms with Crippen LogP contribution in [0.2, 0.25) is 0 Å². The molecule has 1 aliphatic rings. The van der Waals surface area contributed by atoms with E-state index in [2.05, 4.69) is 21.2 Å². The minimum absolute atomic E-state index is 0.204. The van der Waals surface area contributed by atoms with Crippen LogP contribution in [0.3, 0.4) is 0 Å². The summed E-state index contributed by atoms with van der Waals surface area (Å²) in [5.41, 5.74) is 0.639. The van der Waals surface area contributed by atoms with Gasteiger partial charge in [0.2, 0.25) is 6.79 Å². The summed E-state index contributed by atoms with van der Waals surface area (Å²) in [5, 5.41) is 2.79. The Labute approximate surface area is 136 Å². The Morgan fingerprint density at radius 3 is 2.68 bits per heavy atom. The van der Waals surface area contributed by atoms with E-state index in [1.54, 1.807) is 37.3 Å². The normalized spacial score (nSPS) is 13.5. The van der Waals surface area contributed by atoms with Crippen molar-refractivity contribution in [2.75, 3.05) is 12.1 Å². The van der Waals surface area contributed by atoms with Crippen LogP contribution in [0, 0.1) is 0 Å². The van der Waals surface area contributed by atoms with Crippen LogP contribution in [0.4, 0.5) is 5.69 Å². The number of carbonyl (C=O) groups is 1. The number of ether oxygens (including phenoxy) is 3. The highest BCUT2D eigenvalue weighted by Crippen LogP contribution is 2.34. The molecule has 6 heteroatoms. The number of nitrogens with one attached hydrogen (secondary N) is 1. The van der Waals surface area contributed by atoms with Gasteiger partial charge in [0, 0.05) is 16.2 Å². The van der Waals surface area contributed by atoms with E-state index in [1.807, 2.05) is 12.1 Å². The van der Waals surface area contributed by atoms with Gasteiger partial charge in [-0.05, 0) is 43.3 Å². The molecule has 0 saturated carbocycles. The molecule has 0 unspecified atom stereocenters. The molecule has 22 heavy (non-hydrogen) atoms. The molecule has 3 rings (SSSR count). The molecular weight excluding hydrogens is 350 g/mol. The molecule has 5 nitrogen and oxygen atoms in total. The largest absolute Gasteiger partial charge is 0.481 e. The zero-order valence-corrected chi connectivity index (χ0v) is 13.4. The monoisotopic (exact) mass is 363 g/mol. The Hall–Kier alpha value is -2.21. The highest BCUT2D eigenvalue weighted by atomic mass is 79.9. The van der Waals surface area contributed by atoms with E-state index in [0.29, 0.717) is 22.9 Å². The summed E-state index contributed by atoms with van der Waals surface area (Å²) < 4.78 is 17.1. The molecule has 2 aromatic carbocycles. The number of hydrogen-bond donors (Lipinski definition) is 1. The van der Waals surface area contributed by atoms with E-state index in [9.17, 15) is 4.79 Å². The molecule has 0 aliphatic carbocycles. The molecule has 1 heterocycles. The van der Waals surface area contributed by atoms with Crippen molar-refractivity contribution in [1.29, 1.82) is 0 Å². The topological polar surface area (TPSA) is 56.8 Å². The van der Waals surface area contributed by atoms with Crippen molar-refractivity contribution in [3.05, 3.63) is 46.9 Å². The summed E-state index contributed by atoms with van der Waals surface area (Å²) >= 11 is 3.35. The third-order valence-corrected chi connectivity index (χ3v) is 3.66. The fraction of sp³-hybridized carbons (Fsp3) is 0.188. The van der Waals surface area contributed by atoms with Gasteiger partial charge in [-0.3, -0.25) is 4.79 Å². The minimum atomic E-state index is -0.619. The summed E-state index contributed by atoms with van der Waals surface area (Å²) in [5.74, 6) is 1.70. The van der Waals surface area contributed by atoms with Crippen molar-refractivity contribution in [1.82, 2.24) is 0 Å². The fourth-order valence-electron chi connectivity index (χ4n) is 1.99. The molecule has 1 N–H and O–H groups in total. The Bertz CT molecular complexity index is 687. The molecule has 0 bridgehead atoms. The summed E-state index contributed by atoms with van der Waals surface area (Å²) in [6.45, 7) is 1.90. The Morgan fingerprint density at radius 2 is 1.91 bits per heavy atom. The van der Waals surface area contributed by atoms with Gasteiger partial charge in [0.25, 0.3) is 5.91 Å². The number of benzene rings is 2. The van der Waals surface area contributed by atoms with Gasteiger partial charge in [-0.25, -0.2) is 0 Å². The van der Waals surface area contributed by atoms with Crippen LogP contribution in [-0.4, -0.2) is 18.8 Å². The van der Waals surface area contributed by atoms with E-state index in [4.69, 9.17) is 14.2 Å². The van der Waals surface area contributed by atoms with Gasteiger partial charge in [0.1, 0.15) is 5.75 Å². The lowest BCUT2D eigenvalue weighted by atomic mass is 10.2. The summed E-state index contributed by atoms with van der Waals surface area (Å²) in [7, 11) is 0. The SMILES string of the molecule is C[C@@H](Oc1ccc(Br)cc1)C(=O)Nc1ccc2c(c1)OCO2. The number of hydrogen-bond acceptors (Lipinski definition) is 4. The first kappa shape index (κ1) is 14.7. The first-order valence-electron chi connectivity index (χ1n) is 6.74. The average Bonchev–Trinajstić information content (AvgIpc) is 2.97. The molecule has 0 aromatic heterocycles. The number of amides is 1. The van der Waals surface area contributed by atoms with Gasteiger partial charge < -0.3 is 19.5 Å². The van der Waals surface area contributed by atoms with Gasteiger partial charge in [-0.2, -0.15) is 0 Å². The van der Waals surface area contributed by atoms with Gasteiger partial charge in [-0.15, -0.1) is 0 Å². The van der Waals surface area contributed by atoms with Crippen LogP contribution in [-0.2, 0) is 4.79 Å². The average molecular weight is 364 g/mol. The summed E-state index contributed by atoms with van der Waals surface area (Å²) in [6, 6.07) is 12.6. The first-order valence-corrected chi connectivity index (χ1v) is 7.54. The maximum absolute atomic E-state index is 12.2. The Balaban J connectivity index is 1.62. The molecule has 0 saturated heterocycles. The second kappa shape index (κ2) is 6.27. The van der Waals surface area contributed by atoms with Crippen molar-refractivity contribution in [2.24, 2.45) is 0 Å². The lowest BCUT2D eigenvalue weighted by molar-refractivity contribution is -0.122. The maximum atomic E-state index is 12.2. The Morgan fingerprint density at radius 1 is 1.18 bits per heavy atom. The van der Waals surface area contributed by atoms with Crippen LogP contribution >= 0.6 is 15.9 Å². The van der Waals surface area contributed by atoms with Crippen molar-refractivity contribution in [2.45, 2.75) is 13.0 Å². The van der Waals surface area contributed by atoms with Crippen molar-refractivity contribution in [3.63, 3.8) is 0 Å². The van der Waals surface area contributed by atoms with Crippen LogP contribution < -0.4 is 19.5 Å². The van der Waals surface area contributed by atoms with Crippen LogP contribution in [0.5, 0.6) is 17.2 Å². The van der Waals surface area contributed by atoms with Crippen LogP contribution in [0.1, 0.15) is 6.92 Å². The summed E-state index contributed by atoms with van der Waals surface area (Å²) in [4.78, 5) is 12.2. The molecule has 0 radical (unpaired) electrons. The van der Waals surface area contributed by atoms with Gasteiger partial charge in [0.05, 0.1) is 0 Å². The molecular formula is C16H14BrNO4. The maximum Gasteiger partial charge on any atom is 0.265 e. The molecule has 114 valence electrons. The zero-order chi connectivity index (χ0) is 15.5. The third-order valence-electron chi connectivity index (χ3n) is 3.14. The van der Waals surface area contributed by atoms with E-state index in [-0.39, 0.29) is 12.7 Å². The molecule has 1 aliphatic heterocycles. The predicted octanol–water partition coefficient (Wildman–Crippen LogP) is 3.58. The van der Waals surface area contributed by atoms with Crippen LogP contribution in [0.15, 0.2) is 46.9 Å². The number of rotatable bonds is 4. The highest BCUT2D eigenvalue weighted by Gasteiger charge is 2.17. The number of anilines is 1. The number of carbonyl (C=O) groups excluding carboxylic acids is 1. The first-order chi connectivity index (χ1) is 10.6. The van der Waals surface area contributed by atoms with E-state index in [0.717, 1.165) is 4.47 Å². The lowest BCUT2D eigenvalue weighted by Crippen LogP contribution is -2.30. The number of fused-ring (bicyclic) bond motifs is 1. The van der Waals surface area contributed by atoms with Crippen molar-refractivity contribution in [3.8, 4) is 17.2 Å². The predicted molar refractivity (Wildman–Crippen MR) is 85.4 cm³/mol. The molecule has 0 spiro atoms. The van der Waals surface area contributed by atoms with E-state index < -0.39 is 6.10 Å². The van der Waals surface area contributed by atoms with Gasteiger partial charge in [0.15, 0.2) is 17.6 Å². The standard InChI is InChI=1S/C16H14BrNO4/c1-10(22-13-5-2-11(17)3-6-13)16(19)18-12-4-7-14-15(8-12)21-9-20-14/h2-8,10H,9H2,1H3,(H,18,19)/t10-/m1/s1. The second-order valence-electron chi connectivity index (χ2n) is 4.77. The van der Waals surface area contributed by atoms with Crippen molar-refractivity contribution < 1.29 is 19.0 Å². The highest BCUT2D eigenvalue weighted by molar-refractivity contribution is 9.10. The molecule has 2 aromatic rings. The third kappa shape index (κ3) is 3.33. The lowest BCUT2D eigenvalue weighted by Gasteiger charge is -2.15. The van der Waals surface area contributed by atoms with Gasteiger partial charge >= 0.3 is 0 Å². The Kier molecular flexibility index (Phi) is 4.20. The van der Waals surface area contributed by atoms with Gasteiger partial charge in [-0.1, -0.05) is 15.9 Å². The molecule has 1 atom stereocenters. The van der Waals surface area contributed by atoms with E-state index in [1.165, 1.54) is 0 Å². The molecule has 1 amide bonds. The number of halogens is 1. The fourth-order valence-corrected chi connectivity index (χ4v) is 2.25. The summed E-state index contributed by atoms with van der Waals surface area (Å²) in [6.07, 6.45) is -0.619. The van der Waals surface area contributed by atoms with Crippen LogP contribution in [0.25, 0.3) is 0 Å². The van der Waals surface area contributed by atoms with E-state index >= 15 is 0 Å². The van der Waals surface area contributed by atoms with Crippen molar-refractivity contribution >= 4 is 27.5 Å². The quantitative estimate of drug-likeness (QED) is 0.901. The second-order valence-corrected chi connectivity index (χ2v) is 5.69. The molecule has 0 fully saturated rings. The smallest absolute Gasteiger partial charge is 0.265 e. The minimum Gasteiger partial charge on any atom is -0.481 e.